The van der Waals surface area contributed by atoms with Gasteiger partial charge in [0.15, 0.2) is 5.78 Å². The summed E-state index contributed by atoms with van der Waals surface area (Å²) < 4.78 is 26.4. The van der Waals surface area contributed by atoms with Gasteiger partial charge < -0.3 is 0 Å². The predicted octanol–water partition coefficient (Wildman–Crippen LogP) is 4.16. The van der Waals surface area contributed by atoms with Crippen LogP contribution in [0, 0.1) is 18.6 Å². The van der Waals surface area contributed by atoms with Gasteiger partial charge in [-0.1, -0.05) is 23.7 Å². The Bertz CT molecular complexity index is 619. The average molecular weight is 267 g/mol. The van der Waals surface area contributed by atoms with Gasteiger partial charge in [-0.25, -0.2) is 8.78 Å². The van der Waals surface area contributed by atoms with Crippen molar-refractivity contribution in [3.63, 3.8) is 0 Å². The van der Waals surface area contributed by atoms with Crippen molar-refractivity contribution in [3.8, 4) is 0 Å². The van der Waals surface area contributed by atoms with Crippen molar-refractivity contribution in [3.05, 3.63) is 69.7 Å². The standard InChI is InChI=1S/C14H9ClF2O/c1-8-5-6-9(16)7-11(8)14(18)10-3-2-4-12(17)13(10)15/h2-7H,1H3. The molecule has 0 bridgehead atoms. The number of halogens is 3. The second-order valence-corrected chi connectivity index (χ2v) is 4.27. The number of rotatable bonds is 2. The number of benzene rings is 2. The van der Waals surface area contributed by atoms with Crippen LogP contribution >= 0.6 is 11.6 Å². The summed E-state index contributed by atoms with van der Waals surface area (Å²) in [5, 5.41) is -0.244. The molecular formula is C14H9ClF2O. The third-order valence-electron chi connectivity index (χ3n) is 2.64. The first kappa shape index (κ1) is 12.7. The van der Waals surface area contributed by atoms with Crippen LogP contribution in [0.5, 0.6) is 0 Å². The highest BCUT2D eigenvalue weighted by Crippen LogP contribution is 2.24. The third kappa shape index (κ3) is 2.27. The van der Waals surface area contributed by atoms with E-state index in [0.717, 1.165) is 12.1 Å². The molecule has 0 saturated heterocycles. The molecule has 4 heteroatoms. The molecule has 2 aromatic carbocycles. The van der Waals surface area contributed by atoms with Gasteiger partial charge in [0.1, 0.15) is 11.6 Å². The number of aryl methyl sites for hydroxylation is 1. The van der Waals surface area contributed by atoms with E-state index in [4.69, 9.17) is 11.6 Å². The molecule has 0 fully saturated rings. The molecule has 0 aliphatic rings. The summed E-state index contributed by atoms with van der Waals surface area (Å²) >= 11 is 5.74. The van der Waals surface area contributed by atoms with Crippen molar-refractivity contribution in [2.75, 3.05) is 0 Å². The van der Waals surface area contributed by atoms with Crippen LogP contribution in [0.2, 0.25) is 5.02 Å². The SMILES string of the molecule is Cc1ccc(F)cc1C(=O)c1cccc(F)c1Cl. The van der Waals surface area contributed by atoms with E-state index in [2.05, 4.69) is 0 Å². The monoisotopic (exact) mass is 266 g/mol. The number of carbonyl (C=O) groups excluding carboxylic acids is 1. The van der Waals surface area contributed by atoms with Crippen molar-refractivity contribution >= 4 is 17.4 Å². The maximum absolute atomic E-state index is 13.3. The molecular weight excluding hydrogens is 258 g/mol. The first-order chi connectivity index (χ1) is 8.50. The lowest BCUT2D eigenvalue weighted by atomic mass is 9.99. The van der Waals surface area contributed by atoms with E-state index in [9.17, 15) is 13.6 Å². The zero-order valence-corrected chi connectivity index (χ0v) is 10.3. The maximum Gasteiger partial charge on any atom is 0.195 e. The molecule has 0 aliphatic carbocycles. The molecule has 0 aromatic heterocycles. The lowest BCUT2D eigenvalue weighted by molar-refractivity contribution is 0.103. The number of carbonyl (C=O) groups is 1. The van der Waals surface area contributed by atoms with Crippen molar-refractivity contribution in [1.29, 1.82) is 0 Å². The Morgan fingerprint density at radius 3 is 2.56 bits per heavy atom. The van der Waals surface area contributed by atoms with E-state index >= 15 is 0 Å². The van der Waals surface area contributed by atoms with Gasteiger partial charge >= 0.3 is 0 Å². The van der Waals surface area contributed by atoms with E-state index in [1.54, 1.807) is 6.92 Å². The molecule has 18 heavy (non-hydrogen) atoms. The smallest absolute Gasteiger partial charge is 0.195 e. The van der Waals surface area contributed by atoms with Crippen LogP contribution < -0.4 is 0 Å². The molecule has 2 aromatic rings. The first-order valence-corrected chi connectivity index (χ1v) is 5.63. The van der Waals surface area contributed by atoms with Crippen molar-refractivity contribution in [2.24, 2.45) is 0 Å². The second-order valence-electron chi connectivity index (χ2n) is 3.89. The third-order valence-corrected chi connectivity index (χ3v) is 3.02. The molecule has 0 saturated carbocycles. The molecule has 0 spiro atoms. The molecule has 0 amide bonds. The Morgan fingerprint density at radius 2 is 1.83 bits per heavy atom. The summed E-state index contributed by atoms with van der Waals surface area (Å²) in [5.41, 5.74) is 0.828. The maximum atomic E-state index is 13.3. The highest BCUT2D eigenvalue weighted by Gasteiger charge is 2.17. The summed E-state index contributed by atoms with van der Waals surface area (Å²) in [4.78, 5) is 12.2. The van der Waals surface area contributed by atoms with Gasteiger partial charge in [-0.05, 0) is 36.8 Å². The number of hydrogen-bond acceptors (Lipinski definition) is 1. The van der Waals surface area contributed by atoms with Gasteiger partial charge in [0.05, 0.1) is 5.02 Å². The normalized spacial score (nSPS) is 10.4. The molecule has 0 radical (unpaired) electrons. The fraction of sp³-hybridized carbons (Fsp3) is 0.0714. The summed E-state index contributed by atoms with van der Waals surface area (Å²) in [5.74, 6) is -1.68. The quantitative estimate of drug-likeness (QED) is 0.746. The van der Waals surface area contributed by atoms with Crippen molar-refractivity contribution in [1.82, 2.24) is 0 Å². The van der Waals surface area contributed by atoms with Crippen LogP contribution in [0.25, 0.3) is 0 Å². The Balaban J connectivity index is 2.55. The van der Waals surface area contributed by atoms with Gasteiger partial charge in [-0.3, -0.25) is 4.79 Å². The number of hydrogen-bond donors (Lipinski definition) is 0. The highest BCUT2D eigenvalue weighted by molar-refractivity contribution is 6.35. The molecule has 92 valence electrons. The van der Waals surface area contributed by atoms with Crippen LogP contribution in [-0.2, 0) is 0 Å². The van der Waals surface area contributed by atoms with Crippen LogP contribution in [-0.4, -0.2) is 5.78 Å². The van der Waals surface area contributed by atoms with Gasteiger partial charge in [-0.15, -0.1) is 0 Å². The molecule has 0 unspecified atom stereocenters. The Morgan fingerprint density at radius 1 is 1.11 bits per heavy atom. The minimum absolute atomic E-state index is 0.0327. The lowest BCUT2D eigenvalue weighted by Gasteiger charge is -2.07. The van der Waals surface area contributed by atoms with Gasteiger partial charge in [0, 0.05) is 11.1 Å². The van der Waals surface area contributed by atoms with Crippen LogP contribution in [0.4, 0.5) is 8.78 Å². The van der Waals surface area contributed by atoms with E-state index < -0.39 is 17.4 Å². The fourth-order valence-electron chi connectivity index (χ4n) is 1.66. The zero-order valence-electron chi connectivity index (χ0n) is 9.51. The van der Waals surface area contributed by atoms with Crippen molar-refractivity contribution in [2.45, 2.75) is 6.92 Å². The lowest BCUT2D eigenvalue weighted by Crippen LogP contribution is -2.06. The molecule has 1 nitrogen and oxygen atoms in total. The van der Waals surface area contributed by atoms with Gasteiger partial charge in [0.2, 0.25) is 0 Å². The predicted molar refractivity (Wildman–Crippen MR) is 66.0 cm³/mol. The molecule has 0 atom stereocenters. The highest BCUT2D eigenvalue weighted by atomic mass is 35.5. The van der Waals surface area contributed by atoms with Gasteiger partial charge in [0.25, 0.3) is 0 Å². The Hall–Kier alpha value is -1.74. The van der Waals surface area contributed by atoms with Gasteiger partial charge in [-0.2, -0.15) is 0 Å². The van der Waals surface area contributed by atoms with E-state index in [1.165, 1.54) is 24.3 Å². The second kappa shape index (κ2) is 4.86. The van der Waals surface area contributed by atoms with E-state index in [0.29, 0.717) is 5.56 Å². The zero-order chi connectivity index (χ0) is 13.3. The summed E-state index contributed by atoms with van der Waals surface area (Å²) in [6.45, 7) is 1.68. The van der Waals surface area contributed by atoms with E-state index in [-0.39, 0.29) is 16.1 Å². The first-order valence-electron chi connectivity index (χ1n) is 5.25. The average Bonchev–Trinajstić information content (AvgIpc) is 2.35. The Labute approximate surface area is 108 Å². The van der Waals surface area contributed by atoms with E-state index in [1.807, 2.05) is 0 Å². The minimum atomic E-state index is -0.670. The molecule has 0 heterocycles. The number of ketones is 1. The largest absolute Gasteiger partial charge is 0.289 e. The molecule has 0 N–H and O–H groups in total. The Kier molecular flexibility index (Phi) is 3.43. The van der Waals surface area contributed by atoms with Crippen LogP contribution in [0.3, 0.4) is 0 Å². The molecule has 2 rings (SSSR count). The van der Waals surface area contributed by atoms with Crippen molar-refractivity contribution < 1.29 is 13.6 Å². The summed E-state index contributed by atoms with van der Waals surface area (Å²) in [7, 11) is 0. The summed E-state index contributed by atoms with van der Waals surface area (Å²) in [6, 6.07) is 7.85. The fourth-order valence-corrected chi connectivity index (χ4v) is 1.87. The summed E-state index contributed by atoms with van der Waals surface area (Å²) in [6.07, 6.45) is 0. The molecule has 0 aliphatic heterocycles. The topological polar surface area (TPSA) is 17.1 Å². The van der Waals surface area contributed by atoms with Crippen LogP contribution in [0.15, 0.2) is 36.4 Å². The van der Waals surface area contributed by atoms with Crippen LogP contribution in [0.1, 0.15) is 21.5 Å². The minimum Gasteiger partial charge on any atom is -0.289 e.